The molecular formula is C27H32FN3O3. The number of nitrogens with zero attached hydrogens (tertiary/aromatic N) is 3. The number of likely N-dealkylation sites (N-methyl/N-ethyl adjacent to an activating group) is 1. The first kappa shape index (κ1) is 24.0. The van der Waals surface area contributed by atoms with E-state index in [2.05, 4.69) is 16.7 Å². The number of hydrogen-bond donors (Lipinski definition) is 1. The fraction of sp³-hybridized carbons (Fsp3) is 0.370. The summed E-state index contributed by atoms with van der Waals surface area (Å²) in [7, 11) is 1.62. The van der Waals surface area contributed by atoms with Crippen LogP contribution in [0.1, 0.15) is 35.3 Å². The van der Waals surface area contributed by atoms with Crippen LogP contribution < -0.4 is 10.3 Å². The Morgan fingerprint density at radius 3 is 2.26 bits per heavy atom. The van der Waals surface area contributed by atoms with Gasteiger partial charge in [0.05, 0.1) is 25.3 Å². The van der Waals surface area contributed by atoms with Crippen molar-refractivity contribution in [3.8, 4) is 11.5 Å². The van der Waals surface area contributed by atoms with Gasteiger partial charge < -0.3 is 19.3 Å². The lowest BCUT2D eigenvalue weighted by molar-refractivity contribution is 0.111. The van der Waals surface area contributed by atoms with E-state index >= 15 is 0 Å². The molecule has 1 N–H and O–H groups in total. The summed E-state index contributed by atoms with van der Waals surface area (Å²) in [6, 6.07) is 15.0. The minimum atomic E-state index is -0.463. The zero-order valence-corrected chi connectivity index (χ0v) is 20.0. The maximum absolute atomic E-state index is 13.9. The molecule has 6 nitrogen and oxygen atoms in total. The van der Waals surface area contributed by atoms with Gasteiger partial charge in [0.2, 0.25) is 0 Å². The van der Waals surface area contributed by atoms with Crippen LogP contribution in [-0.4, -0.2) is 59.3 Å². The highest BCUT2D eigenvalue weighted by Gasteiger charge is 2.31. The summed E-state index contributed by atoms with van der Waals surface area (Å²) < 4.78 is 20.6. The molecule has 1 aromatic heterocycles. The fourth-order valence-electron chi connectivity index (χ4n) is 4.68. The second-order valence-corrected chi connectivity index (χ2v) is 8.75. The predicted octanol–water partition coefficient (Wildman–Crippen LogP) is 3.79. The summed E-state index contributed by atoms with van der Waals surface area (Å²) in [5.74, 6) is 0.394. The third-order valence-corrected chi connectivity index (χ3v) is 6.70. The molecule has 1 atom stereocenters. The molecule has 4 rings (SSSR count). The molecule has 1 fully saturated rings. The monoisotopic (exact) mass is 465 g/mol. The van der Waals surface area contributed by atoms with Gasteiger partial charge in [0, 0.05) is 31.9 Å². The number of benzene rings is 2. The lowest BCUT2D eigenvalue weighted by Crippen LogP contribution is -2.48. The fourth-order valence-corrected chi connectivity index (χ4v) is 4.68. The zero-order chi connectivity index (χ0) is 24.2. The van der Waals surface area contributed by atoms with Gasteiger partial charge in [0.1, 0.15) is 17.3 Å². The van der Waals surface area contributed by atoms with E-state index in [1.807, 2.05) is 31.2 Å². The Kier molecular flexibility index (Phi) is 7.34. The Hall–Kier alpha value is -3.16. The number of hydrogen-bond acceptors (Lipinski definition) is 5. The van der Waals surface area contributed by atoms with E-state index in [9.17, 15) is 14.3 Å². The van der Waals surface area contributed by atoms with E-state index in [1.165, 1.54) is 12.1 Å². The van der Waals surface area contributed by atoms with Crippen LogP contribution in [0.4, 0.5) is 4.39 Å². The lowest BCUT2D eigenvalue weighted by Gasteiger charge is -2.39. The molecule has 0 unspecified atom stereocenters. The SMILES string of the molecule is CCN1CCN([C@H](c2ccc(F)cc2)c2c(O)cc(C)n(Cc3ccc(OC)cc3)c2=O)CC1. The Morgan fingerprint density at radius 2 is 1.68 bits per heavy atom. The van der Waals surface area contributed by atoms with Crippen LogP contribution in [-0.2, 0) is 6.54 Å². The minimum absolute atomic E-state index is 0.0271. The summed E-state index contributed by atoms with van der Waals surface area (Å²) in [5, 5.41) is 11.0. The summed E-state index contributed by atoms with van der Waals surface area (Å²) in [4.78, 5) is 18.4. The van der Waals surface area contributed by atoms with E-state index in [1.54, 1.807) is 29.9 Å². The second kappa shape index (κ2) is 10.4. The highest BCUT2D eigenvalue weighted by molar-refractivity contribution is 5.41. The number of aryl methyl sites for hydroxylation is 1. The van der Waals surface area contributed by atoms with Crippen molar-refractivity contribution in [2.45, 2.75) is 26.4 Å². The molecule has 7 heteroatoms. The Morgan fingerprint density at radius 1 is 1.03 bits per heavy atom. The van der Waals surface area contributed by atoms with Gasteiger partial charge >= 0.3 is 0 Å². The van der Waals surface area contributed by atoms with Gasteiger partial charge in [-0.3, -0.25) is 9.69 Å². The maximum atomic E-state index is 13.9. The Balaban J connectivity index is 1.78. The van der Waals surface area contributed by atoms with Gasteiger partial charge in [-0.15, -0.1) is 0 Å². The molecule has 180 valence electrons. The van der Waals surface area contributed by atoms with Crippen molar-refractivity contribution in [3.63, 3.8) is 0 Å². The van der Waals surface area contributed by atoms with E-state index in [0.717, 1.165) is 49.6 Å². The van der Waals surface area contributed by atoms with Crippen LogP contribution in [0.5, 0.6) is 11.5 Å². The first-order chi connectivity index (χ1) is 16.4. The molecule has 3 aromatic rings. The molecule has 1 saturated heterocycles. The predicted molar refractivity (Wildman–Crippen MR) is 131 cm³/mol. The molecular weight excluding hydrogens is 433 g/mol. The molecule has 0 bridgehead atoms. The third kappa shape index (κ3) is 5.00. The smallest absolute Gasteiger partial charge is 0.259 e. The van der Waals surface area contributed by atoms with Crippen molar-refractivity contribution in [2.75, 3.05) is 39.8 Å². The molecule has 0 radical (unpaired) electrons. The van der Waals surface area contributed by atoms with E-state index in [0.29, 0.717) is 17.8 Å². The number of ether oxygens (including phenoxy) is 1. The van der Waals surface area contributed by atoms with Gasteiger partial charge in [0.15, 0.2) is 0 Å². The highest BCUT2D eigenvalue weighted by Crippen LogP contribution is 2.33. The molecule has 0 saturated carbocycles. The summed E-state index contributed by atoms with van der Waals surface area (Å²) in [5.41, 5.74) is 2.52. The van der Waals surface area contributed by atoms with E-state index in [-0.39, 0.29) is 17.1 Å². The number of aromatic nitrogens is 1. The van der Waals surface area contributed by atoms with Crippen LogP contribution >= 0.6 is 0 Å². The van der Waals surface area contributed by atoms with Crippen molar-refractivity contribution >= 4 is 0 Å². The molecule has 1 aliphatic heterocycles. The normalized spacial score (nSPS) is 15.9. The maximum Gasteiger partial charge on any atom is 0.259 e. The van der Waals surface area contributed by atoms with Gasteiger partial charge in [-0.25, -0.2) is 4.39 Å². The number of rotatable bonds is 7. The Bertz CT molecular complexity index is 1170. The largest absolute Gasteiger partial charge is 0.507 e. The highest BCUT2D eigenvalue weighted by atomic mass is 19.1. The van der Waals surface area contributed by atoms with Gasteiger partial charge in [-0.1, -0.05) is 31.2 Å². The van der Waals surface area contributed by atoms with Crippen molar-refractivity contribution in [3.05, 3.63) is 93.2 Å². The average Bonchev–Trinajstić information content (AvgIpc) is 2.85. The first-order valence-electron chi connectivity index (χ1n) is 11.7. The molecule has 34 heavy (non-hydrogen) atoms. The molecule has 2 aromatic carbocycles. The second-order valence-electron chi connectivity index (χ2n) is 8.75. The van der Waals surface area contributed by atoms with Crippen LogP contribution in [0.2, 0.25) is 0 Å². The zero-order valence-electron chi connectivity index (χ0n) is 20.0. The number of piperazine rings is 1. The standard InChI is InChI=1S/C27H32FN3O3/c1-4-29-13-15-30(16-14-29)26(21-7-9-22(28)10-8-21)25-24(32)17-19(2)31(27(25)33)18-20-5-11-23(34-3)12-6-20/h5-12,17,26,32H,4,13-16,18H2,1-3H3/t26-/m1/s1. The number of aromatic hydroxyl groups is 1. The van der Waals surface area contributed by atoms with E-state index in [4.69, 9.17) is 4.74 Å². The van der Waals surface area contributed by atoms with Crippen LogP contribution in [0.3, 0.4) is 0 Å². The van der Waals surface area contributed by atoms with Gasteiger partial charge in [-0.2, -0.15) is 0 Å². The molecule has 1 aliphatic rings. The minimum Gasteiger partial charge on any atom is -0.507 e. The third-order valence-electron chi connectivity index (χ3n) is 6.70. The van der Waals surface area contributed by atoms with Crippen LogP contribution in [0.15, 0.2) is 59.4 Å². The summed E-state index contributed by atoms with van der Waals surface area (Å²) >= 11 is 0. The lowest BCUT2D eigenvalue weighted by atomic mass is 9.95. The van der Waals surface area contributed by atoms with Crippen molar-refractivity contribution in [1.82, 2.24) is 14.4 Å². The number of methoxy groups -OCH3 is 1. The van der Waals surface area contributed by atoms with E-state index < -0.39 is 6.04 Å². The molecule has 0 spiro atoms. The first-order valence-corrected chi connectivity index (χ1v) is 11.7. The van der Waals surface area contributed by atoms with Crippen molar-refractivity contribution in [2.24, 2.45) is 0 Å². The summed E-state index contributed by atoms with van der Waals surface area (Å²) in [6.45, 7) is 8.56. The molecule has 0 amide bonds. The van der Waals surface area contributed by atoms with Crippen molar-refractivity contribution in [1.29, 1.82) is 0 Å². The quantitative estimate of drug-likeness (QED) is 0.576. The van der Waals surface area contributed by atoms with Gasteiger partial charge in [-0.05, 0) is 54.9 Å². The summed E-state index contributed by atoms with van der Waals surface area (Å²) in [6.07, 6.45) is 0. The molecule has 2 heterocycles. The number of halogens is 1. The van der Waals surface area contributed by atoms with Crippen LogP contribution in [0.25, 0.3) is 0 Å². The topological polar surface area (TPSA) is 57.9 Å². The van der Waals surface area contributed by atoms with Crippen molar-refractivity contribution < 1.29 is 14.2 Å². The number of pyridine rings is 1. The molecule has 0 aliphatic carbocycles. The Labute approximate surface area is 199 Å². The van der Waals surface area contributed by atoms with Gasteiger partial charge in [0.25, 0.3) is 5.56 Å². The average molecular weight is 466 g/mol. The van der Waals surface area contributed by atoms with Crippen LogP contribution in [0, 0.1) is 12.7 Å².